The summed E-state index contributed by atoms with van der Waals surface area (Å²) in [6.07, 6.45) is 2.65. The molecule has 21 heavy (non-hydrogen) atoms. The van der Waals surface area contributed by atoms with Crippen molar-refractivity contribution in [3.8, 4) is 5.75 Å². The van der Waals surface area contributed by atoms with E-state index in [4.69, 9.17) is 17.2 Å². The number of hydrogen-bond donors (Lipinski definition) is 4. The Balaban J connectivity index is 0.00000191. The van der Waals surface area contributed by atoms with Gasteiger partial charge in [0.05, 0.1) is 5.70 Å². The van der Waals surface area contributed by atoms with Crippen molar-refractivity contribution in [2.45, 2.75) is 13.3 Å². The van der Waals surface area contributed by atoms with Crippen LogP contribution in [0.3, 0.4) is 0 Å². The molecule has 0 unspecified atom stereocenters. The fourth-order valence-electron chi connectivity index (χ4n) is 1.81. The molecular weight excluding hydrogens is 264 g/mol. The maximum Gasteiger partial charge on any atom is 0.124 e. The Morgan fingerprint density at radius 2 is 1.81 bits per heavy atom. The van der Waals surface area contributed by atoms with E-state index < -0.39 is 0 Å². The number of rotatable bonds is 5. The second kappa shape index (κ2) is 9.36. The lowest BCUT2D eigenvalue weighted by Crippen LogP contribution is -2.25. The third-order valence-corrected chi connectivity index (χ3v) is 2.77. The SMILES string of the molecule is C=C.CCCN(C)C(/C=C(\N)c1ccccc1O)=C(N)N. The number of phenols is 1. The lowest BCUT2D eigenvalue weighted by atomic mass is 10.1. The zero-order valence-electron chi connectivity index (χ0n) is 12.8. The molecule has 1 aromatic carbocycles. The summed E-state index contributed by atoms with van der Waals surface area (Å²) in [4.78, 5) is 1.93. The van der Waals surface area contributed by atoms with Crippen LogP contribution in [-0.2, 0) is 0 Å². The minimum Gasteiger partial charge on any atom is -0.507 e. The molecule has 5 nitrogen and oxygen atoms in total. The number of benzene rings is 1. The van der Waals surface area contributed by atoms with Crippen LogP contribution < -0.4 is 17.2 Å². The average molecular weight is 290 g/mol. The van der Waals surface area contributed by atoms with E-state index in [2.05, 4.69) is 20.1 Å². The number of nitrogens with zero attached hydrogens (tertiary/aromatic N) is 1. The fraction of sp³-hybridized carbons (Fsp3) is 0.250. The van der Waals surface area contributed by atoms with E-state index in [0.717, 1.165) is 13.0 Å². The summed E-state index contributed by atoms with van der Waals surface area (Å²) in [6.45, 7) is 8.88. The van der Waals surface area contributed by atoms with Gasteiger partial charge in [0.1, 0.15) is 11.6 Å². The minimum atomic E-state index is 0.129. The summed E-state index contributed by atoms with van der Waals surface area (Å²) in [7, 11) is 1.90. The third kappa shape index (κ3) is 5.52. The first-order chi connectivity index (χ1) is 9.97. The van der Waals surface area contributed by atoms with Crippen LogP contribution in [0.15, 0.2) is 55.0 Å². The number of para-hydroxylation sites is 1. The summed E-state index contributed by atoms with van der Waals surface area (Å²) in [5, 5.41) is 9.76. The molecule has 0 aliphatic heterocycles. The van der Waals surface area contributed by atoms with E-state index in [1.165, 1.54) is 0 Å². The topological polar surface area (TPSA) is 102 Å². The van der Waals surface area contributed by atoms with Gasteiger partial charge in [0, 0.05) is 24.9 Å². The lowest BCUT2D eigenvalue weighted by Gasteiger charge is -2.21. The zero-order valence-corrected chi connectivity index (χ0v) is 12.8. The Bertz CT molecular complexity index is 505. The van der Waals surface area contributed by atoms with Gasteiger partial charge in [0.2, 0.25) is 0 Å². The van der Waals surface area contributed by atoms with Crippen LogP contribution in [0.25, 0.3) is 5.70 Å². The van der Waals surface area contributed by atoms with E-state index in [1.807, 2.05) is 11.9 Å². The molecule has 0 radical (unpaired) electrons. The number of nitrogens with two attached hydrogens (primary N) is 3. The van der Waals surface area contributed by atoms with Gasteiger partial charge in [0.15, 0.2) is 0 Å². The van der Waals surface area contributed by atoms with Gasteiger partial charge in [-0.15, -0.1) is 13.2 Å². The van der Waals surface area contributed by atoms with Crippen molar-refractivity contribution in [2.75, 3.05) is 13.6 Å². The molecule has 5 heteroatoms. The van der Waals surface area contributed by atoms with Crippen LogP contribution >= 0.6 is 0 Å². The predicted octanol–water partition coefficient (Wildman–Crippen LogP) is 1.92. The quantitative estimate of drug-likeness (QED) is 0.490. The second-order valence-electron chi connectivity index (χ2n) is 4.38. The number of hydrogen-bond acceptors (Lipinski definition) is 5. The van der Waals surface area contributed by atoms with Crippen molar-refractivity contribution in [2.24, 2.45) is 17.2 Å². The number of aromatic hydroxyl groups is 1. The van der Waals surface area contributed by atoms with Gasteiger partial charge in [-0.05, 0) is 24.6 Å². The molecule has 1 aromatic rings. The van der Waals surface area contributed by atoms with E-state index >= 15 is 0 Å². The highest BCUT2D eigenvalue weighted by Gasteiger charge is 2.08. The van der Waals surface area contributed by atoms with E-state index in [1.54, 1.807) is 30.3 Å². The highest BCUT2D eigenvalue weighted by molar-refractivity contribution is 5.69. The van der Waals surface area contributed by atoms with E-state index in [0.29, 0.717) is 17.0 Å². The molecule has 116 valence electrons. The monoisotopic (exact) mass is 290 g/mol. The normalized spacial score (nSPS) is 10.3. The highest BCUT2D eigenvalue weighted by Crippen LogP contribution is 2.22. The van der Waals surface area contributed by atoms with Gasteiger partial charge in [0.25, 0.3) is 0 Å². The van der Waals surface area contributed by atoms with Crippen molar-refractivity contribution < 1.29 is 5.11 Å². The van der Waals surface area contributed by atoms with Crippen molar-refractivity contribution in [1.29, 1.82) is 0 Å². The Hall–Kier alpha value is -2.56. The molecule has 0 bridgehead atoms. The summed E-state index contributed by atoms with van der Waals surface area (Å²) in [6, 6.07) is 6.87. The molecule has 0 aliphatic rings. The molecule has 0 aromatic heterocycles. The second-order valence-corrected chi connectivity index (χ2v) is 4.38. The lowest BCUT2D eigenvalue weighted by molar-refractivity contribution is 0.424. The summed E-state index contributed by atoms with van der Waals surface area (Å²) in [5.74, 6) is 0.332. The van der Waals surface area contributed by atoms with Crippen LogP contribution in [0.5, 0.6) is 5.75 Å². The van der Waals surface area contributed by atoms with Crippen LogP contribution in [0.4, 0.5) is 0 Å². The first-order valence-electron chi connectivity index (χ1n) is 6.69. The Kier molecular flexibility index (Phi) is 8.22. The molecule has 0 fully saturated rings. The van der Waals surface area contributed by atoms with Gasteiger partial charge in [-0.1, -0.05) is 19.1 Å². The van der Waals surface area contributed by atoms with E-state index in [-0.39, 0.29) is 11.6 Å². The van der Waals surface area contributed by atoms with Crippen molar-refractivity contribution in [3.63, 3.8) is 0 Å². The Morgan fingerprint density at radius 3 is 2.29 bits per heavy atom. The number of phenolic OH excluding ortho intramolecular Hbond substituents is 1. The highest BCUT2D eigenvalue weighted by atomic mass is 16.3. The molecule has 0 spiro atoms. The molecule has 0 aliphatic carbocycles. The van der Waals surface area contributed by atoms with Gasteiger partial charge in [-0.2, -0.15) is 0 Å². The maximum atomic E-state index is 9.76. The van der Waals surface area contributed by atoms with Crippen molar-refractivity contribution >= 4 is 5.70 Å². The minimum absolute atomic E-state index is 0.129. The summed E-state index contributed by atoms with van der Waals surface area (Å²) >= 11 is 0. The Morgan fingerprint density at radius 1 is 1.24 bits per heavy atom. The van der Waals surface area contributed by atoms with Crippen molar-refractivity contribution in [3.05, 3.63) is 60.6 Å². The maximum absolute atomic E-state index is 9.76. The van der Waals surface area contributed by atoms with Gasteiger partial charge < -0.3 is 27.2 Å². The van der Waals surface area contributed by atoms with Crippen molar-refractivity contribution in [1.82, 2.24) is 4.90 Å². The Labute approximate surface area is 127 Å². The molecule has 0 amide bonds. The van der Waals surface area contributed by atoms with Crippen LogP contribution in [0.2, 0.25) is 0 Å². The third-order valence-electron chi connectivity index (χ3n) is 2.77. The molecule has 0 saturated carbocycles. The molecular formula is C16H26N4O. The van der Waals surface area contributed by atoms with Gasteiger partial charge in [-0.3, -0.25) is 0 Å². The van der Waals surface area contributed by atoms with Gasteiger partial charge in [-0.25, -0.2) is 0 Å². The summed E-state index contributed by atoms with van der Waals surface area (Å²) in [5.41, 5.74) is 19.0. The first-order valence-corrected chi connectivity index (χ1v) is 6.69. The van der Waals surface area contributed by atoms with Crippen LogP contribution in [-0.4, -0.2) is 23.6 Å². The predicted molar refractivity (Wildman–Crippen MR) is 89.8 cm³/mol. The average Bonchev–Trinajstić information content (AvgIpc) is 2.47. The molecule has 0 saturated heterocycles. The standard InChI is InChI=1S/C14H22N4O.C2H4/c1-3-8-18(2)12(14(16)17)9-11(15)10-6-4-5-7-13(10)19;1-2/h4-7,9,19H,3,8,15-17H2,1-2H3;1-2H2/b11-9-;. The molecule has 1 rings (SSSR count). The van der Waals surface area contributed by atoms with Crippen LogP contribution in [0.1, 0.15) is 18.9 Å². The van der Waals surface area contributed by atoms with Crippen LogP contribution in [0, 0.1) is 0 Å². The molecule has 7 N–H and O–H groups in total. The first kappa shape index (κ1) is 18.4. The molecule has 0 atom stereocenters. The molecule has 0 heterocycles. The van der Waals surface area contributed by atoms with Gasteiger partial charge >= 0.3 is 0 Å². The largest absolute Gasteiger partial charge is 0.507 e. The zero-order chi connectivity index (χ0) is 16.4. The fourth-order valence-corrected chi connectivity index (χ4v) is 1.81. The van der Waals surface area contributed by atoms with E-state index in [9.17, 15) is 5.11 Å². The summed E-state index contributed by atoms with van der Waals surface area (Å²) < 4.78 is 0. The number of likely N-dealkylation sites (N-methyl/N-ethyl adjacent to an activating group) is 1. The number of allylic oxidation sites excluding steroid dienone is 1. The smallest absolute Gasteiger partial charge is 0.124 e.